The Kier molecular flexibility index (Phi) is 6.97. The third kappa shape index (κ3) is 5.78. The smallest absolute Gasteiger partial charge is 0.387 e. The Hall–Kier alpha value is -1.30. The van der Waals surface area contributed by atoms with Crippen LogP contribution < -0.4 is 10.6 Å². The zero-order chi connectivity index (χ0) is 24.1. The van der Waals surface area contributed by atoms with Gasteiger partial charge in [-0.25, -0.2) is 18.5 Å². The van der Waals surface area contributed by atoms with E-state index in [1.54, 1.807) is 0 Å². The van der Waals surface area contributed by atoms with E-state index in [1.165, 1.54) is 0 Å². The molecule has 2 saturated heterocycles. The van der Waals surface area contributed by atoms with E-state index in [0.29, 0.717) is 0 Å². The minimum atomic E-state index is -5.74. The number of nitrogens with one attached hydrogen (secondary N) is 2. The van der Waals surface area contributed by atoms with Crippen molar-refractivity contribution in [2.24, 2.45) is 4.99 Å². The molecule has 8 atom stereocenters. The number of carbonyl (C=O) groups excluding carboxylic acids is 2. The second-order valence-corrected chi connectivity index (χ2v) is 10.9. The van der Waals surface area contributed by atoms with Gasteiger partial charge in [0.25, 0.3) is 5.91 Å². The molecule has 182 valence electrons. The van der Waals surface area contributed by atoms with Crippen molar-refractivity contribution in [3.63, 3.8) is 0 Å². The predicted molar refractivity (Wildman–Crippen MR) is 95.1 cm³/mol. The van der Waals surface area contributed by atoms with Crippen LogP contribution in [0, 0.1) is 0 Å². The summed E-state index contributed by atoms with van der Waals surface area (Å²) in [5.74, 6) is -0.727. The minimum absolute atomic E-state index is 0.727. The van der Waals surface area contributed by atoms with Crippen molar-refractivity contribution in [1.29, 1.82) is 0 Å². The van der Waals surface area contributed by atoms with Crippen molar-refractivity contribution < 1.29 is 71.0 Å². The van der Waals surface area contributed by atoms with E-state index in [0.717, 1.165) is 11.2 Å². The van der Waals surface area contributed by atoms with Gasteiger partial charge >= 0.3 is 29.5 Å². The number of aliphatic imine (C=N–C) groups is 1. The number of phosphoric acid groups is 3. The van der Waals surface area contributed by atoms with Crippen LogP contribution in [0.15, 0.2) is 4.99 Å². The highest BCUT2D eigenvalue weighted by Gasteiger charge is 2.52. The number of rotatable bonds is 8. The Morgan fingerprint density at radius 3 is 2.34 bits per heavy atom. The molecule has 0 saturated carbocycles. The zero-order valence-electron chi connectivity index (χ0n) is 15.3. The molecule has 0 aromatic carbocycles. The molecule has 3 aliphatic heterocycles. The highest BCUT2D eigenvalue weighted by atomic mass is 31.3. The van der Waals surface area contributed by atoms with Crippen LogP contribution in [0.5, 0.6) is 0 Å². The molecule has 19 nitrogen and oxygen atoms in total. The highest BCUT2D eigenvalue weighted by Crippen LogP contribution is 2.66. The summed E-state index contributed by atoms with van der Waals surface area (Å²) >= 11 is 0. The fraction of sp³-hybridized carbons (Fsp3) is 0.700. The van der Waals surface area contributed by atoms with Gasteiger partial charge in [0.15, 0.2) is 12.3 Å². The number of phosphoric ester groups is 1. The molecule has 0 aliphatic carbocycles. The molecule has 0 bridgehead atoms. The number of urea groups is 1. The van der Waals surface area contributed by atoms with Crippen molar-refractivity contribution >= 4 is 41.7 Å². The molecule has 2 fully saturated rings. The maximum absolute atomic E-state index is 11.8. The minimum Gasteiger partial charge on any atom is -0.387 e. The molecular weight excluding hydrogens is 509 g/mol. The number of amides is 3. The van der Waals surface area contributed by atoms with Crippen LogP contribution in [0.3, 0.4) is 0 Å². The van der Waals surface area contributed by atoms with E-state index >= 15 is 0 Å². The van der Waals surface area contributed by atoms with Crippen LogP contribution in [0.4, 0.5) is 4.79 Å². The van der Waals surface area contributed by atoms with E-state index in [1.807, 2.05) is 5.32 Å². The Bertz CT molecular complexity index is 954. The number of aliphatic hydroxyl groups excluding tert-OH is 2. The van der Waals surface area contributed by atoms with Gasteiger partial charge in [0.2, 0.25) is 0 Å². The molecule has 0 spiro atoms. The third-order valence-electron chi connectivity index (χ3n) is 4.21. The lowest BCUT2D eigenvalue weighted by molar-refractivity contribution is -0.125. The van der Waals surface area contributed by atoms with Crippen molar-refractivity contribution in [2.45, 2.75) is 36.7 Å². The van der Waals surface area contributed by atoms with E-state index in [4.69, 9.17) is 19.4 Å². The average Bonchev–Trinajstić information content (AvgIpc) is 3.12. The number of ether oxygens (including phenoxy) is 1. The van der Waals surface area contributed by atoms with Crippen LogP contribution in [0.25, 0.3) is 0 Å². The van der Waals surface area contributed by atoms with E-state index < -0.39 is 78.8 Å². The number of fused-ring (bicyclic) bond motifs is 1. The first-order valence-corrected chi connectivity index (χ1v) is 12.8. The van der Waals surface area contributed by atoms with E-state index in [-0.39, 0.29) is 0 Å². The maximum Gasteiger partial charge on any atom is 0.490 e. The molecule has 22 heteroatoms. The summed E-state index contributed by atoms with van der Waals surface area (Å²) in [7, 11) is -16.8. The van der Waals surface area contributed by atoms with E-state index in [9.17, 15) is 38.4 Å². The Balaban J connectivity index is 1.62. The number of hydrogen-bond donors (Lipinski definition) is 8. The molecule has 3 amide bonds. The predicted octanol–water partition coefficient (Wildman–Crippen LogP) is -3.35. The molecule has 3 heterocycles. The van der Waals surface area contributed by atoms with Crippen molar-refractivity contribution in [1.82, 2.24) is 15.5 Å². The standard InChI is InChI=1S/C10H17N4O15P3/c15-5-3(1-26-31(22,23)29-32(24,25)28-30(19,20)21)27-9(6(5)16)14-2-11-4-7(14)12-10(18)13-8(4)17/h2-7,9,15-16H,1H2,(H,22,23)(H,24,25)(H2,19,20,21)(H2,12,13,17,18)/t3-,4?,5-,6-,7?,9-/m1/s1. The summed E-state index contributed by atoms with van der Waals surface area (Å²) in [5.41, 5.74) is 0. The number of imide groups is 1. The summed E-state index contributed by atoms with van der Waals surface area (Å²) in [6.07, 6.45) is -6.40. The van der Waals surface area contributed by atoms with Crippen molar-refractivity contribution in [3.05, 3.63) is 0 Å². The third-order valence-corrected chi connectivity index (χ3v) is 8.02. The first-order chi connectivity index (χ1) is 14.6. The van der Waals surface area contributed by atoms with Gasteiger partial charge in [-0.15, -0.1) is 0 Å². The lowest BCUT2D eigenvalue weighted by atomic mass is 10.1. The summed E-state index contributed by atoms with van der Waals surface area (Å²) in [6, 6.07) is -1.92. The molecule has 0 aromatic heterocycles. The fourth-order valence-electron chi connectivity index (χ4n) is 2.99. The van der Waals surface area contributed by atoms with Crippen LogP contribution >= 0.6 is 23.5 Å². The van der Waals surface area contributed by atoms with Crippen LogP contribution in [-0.4, -0.2) is 96.3 Å². The maximum atomic E-state index is 11.8. The normalized spacial score (nSPS) is 36.2. The highest BCUT2D eigenvalue weighted by molar-refractivity contribution is 7.66. The number of aliphatic hydroxyl groups is 2. The SMILES string of the molecule is O=C1NC(=O)C2N=CN([C@@H]3O[C@H](COP(=O)(O)OP(=O)(O)OP(=O)(O)O)[C@@H](O)[C@H]3O)C2N1. The Labute approximate surface area is 177 Å². The van der Waals surface area contributed by atoms with Crippen molar-refractivity contribution in [2.75, 3.05) is 6.61 Å². The topological polar surface area (TPSA) is 283 Å². The Morgan fingerprint density at radius 1 is 1.06 bits per heavy atom. The molecule has 3 aliphatic rings. The molecule has 32 heavy (non-hydrogen) atoms. The van der Waals surface area contributed by atoms with Gasteiger partial charge in [0.1, 0.15) is 24.5 Å². The van der Waals surface area contributed by atoms with Gasteiger partial charge in [-0.3, -0.25) is 19.6 Å². The summed E-state index contributed by atoms with van der Waals surface area (Å²) in [5, 5.41) is 24.7. The Morgan fingerprint density at radius 2 is 1.72 bits per heavy atom. The second kappa shape index (κ2) is 8.81. The van der Waals surface area contributed by atoms with E-state index in [2.05, 4.69) is 23.5 Å². The van der Waals surface area contributed by atoms with Gasteiger partial charge in [-0.05, 0) is 0 Å². The quantitative estimate of drug-likeness (QED) is 0.143. The summed E-state index contributed by atoms with van der Waals surface area (Å²) in [4.78, 5) is 63.9. The van der Waals surface area contributed by atoms with Crippen molar-refractivity contribution in [3.8, 4) is 0 Å². The monoisotopic (exact) mass is 526 g/mol. The first-order valence-electron chi connectivity index (χ1n) is 8.31. The number of carbonyl (C=O) groups is 2. The second-order valence-electron chi connectivity index (χ2n) is 6.50. The first kappa shape index (κ1) is 25.3. The zero-order valence-corrected chi connectivity index (χ0v) is 18.0. The molecule has 0 aromatic rings. The molecule has 8 N–H and O–H groups in total. The lowest BCUT2D eigenvalue weighted by Crippen LogP contribution is -2.65. The summed E-state index contributed by atoms with van der Waals surface area (Å²) < 4.78 is 50.5. The van der Waals surface area contributed by atoms with Gasteiger partial charge in [-0.2, -0.15) is 8.62 Å². The molecule has 4 unspecified atom stereocenters. The van der Waals surface area contributed by atoms with Gasteiger partial charge in [0.05, 0.1) is 12.9 Å². The van der Waals surface area contributed by atoms with Gasteiger partial charge in [0, 0.05) is 0 Å². The average molecular weight is 526 g/mol. The molecular formula is C10H17N4O15P3. The largest absolute Gasteiger partial charge is 0.490 e. The van der Waals surface area contributed by atoms with Crippen LogP contribution in [0.1, 0.15) is 0 Å². The fourth-order valence-corrected chi connectivity index (χ4v) is 6.02. The number of hydrogen-bond acceptors (Lipinski definition) is 13. The molecule has 0 radical (unpaired) electrons. The van der Waals surface area contributed by atoms with Gasteiger partial charge < -0.3 is 44.7 Å². The van der Waals surface area contributed by atoms with Crippen LogP contribution in [0.2, 0.25) is 0 Å². The lowest BCUT2D eigenvalue weighted by Gasteiger charge is -2.35. The number of nitrogens with zero attached hydrogens (tertiary/aromatic N) is 2. The molecule has 3 rings (SSSR count). The summed E-state index contributed by atoms with van der Waals surface area (Å²) in [6.45, 7) is -1.02. The van der Waals surface area contributed by atoms with Crippen LogP contribution in [-0.2, 0) is 36.4 Å². The van der Waals surface area contributed by atoms with Gasteiger partial charge in [-0.1, -0.05) is 0 Å².